The number of fused-ring (bicyclic) bond motifs is 1. The number of anilines is 1. The second-order valence-corrected chi connectivity index (χ2v) is 8.76. The summed E-state index contributed by atoms with van der Waals surface area (Å²) in [6.07, 6.45) is 1.48. The number of amides is 1. The third-order valence-electron chi connectivity index (χ3n) is 5.41. The van der Waals surface area contributed by atoms with Crippen molar-refractivity contribution in [3.63, 3.8) is 0 Å². The monoisotopic (exact) mass is 540 g/mol. The summed E-state index contributed by atoms with van der Waals surface area (Å²) in [5.41, 5.74) is 2.28. The van der Waals surface area contributed by atoms with Crippen LogP contribution in [-0.4, -0.2) is 19.0 Å². The highest BCUT2D eigenvalue weighted by Crippen LogP contribution is 2.27. The topological polar surface area (TPSA) is 88.4 Å². The normalized spacial score (nSPS) is 11.0. The fourth-order valence-corrected chi connectivity index (χ4v) is 3.94. The van der Waals surface area contributed by atoms with Gasteiger partial charge in [-0.25, -0.2) is 4.79 Å². The molecule has 6 nitrogen and oxygen atoms in total. The van der Waals surface area contributed by atoms with Crippen molar-refractivity contribution in [1.29, 1.82) is 5.26 Å². The van der Waals surface area contributed by atoms with Crippen molar-refractivity contribution in [3.05, 3.63) is 112 Å². The van der Waals surface area contributed by atoms with E-state index in [0.717, 1.165) is 20.8 Å². The van der Waals surface area contributed by atoms with Gasteiger partial charge in [-0.15, -0.1) is 0 Å². The van der Waals surface area contributed by atoms with Crippen molar-refractivity contribution in [2.75, 3.05) is 12.4 Å². The molecule has 4 aromatic rings. The van der Waals surface area contributed by atoms with Gasteiger partial charge < -0.3 is 14.8 Å². The largest absolute Gasteiger partial charge is 0.488 e. The fraction of sp³-hybridized carbons (Fsp3) is 0.0690. The number of hydrogen-bond acceptors (Lipinski definition) is 5. The summed E-state index contributed by atoms with van der Waals surface area (Å²) in [4.78, 5) is 24.4. The minimum absolute atomic E-state index is 0.0966. The van der Waals surface area contributed by atoms with Crippen molar-refractivity contribution in [1.82, 2.24) is 0 Å². The molecule has 4 aromatic carbocycles. The highest BCUT2D eigenvalue weighted by Gasteiger charge is 2.13. The summed E-state index contributed by atoms with van der Waals surface area (Å²) in [5.74, 6) is -0.519. The average molecular weight is 541 g/mol. The number of benzene rings is 4. The summed E-state index contributed by atoms with van der Waals surface area (Å²) >= 11 is 3.44. The lowest BCUT2D eigenvalue weighted by molar-refractivity contribution is -0.112. The number of hydrogen-bond donors (Lipinski definition) is 1. The summed E-state index contributed by atoms with van der Waals surface area (Å²) in [5, 5.41) is 14.6. The number of nitrogens with one attached hydrogen (secondary N) is 1. The maximum atomic E-state index is 12.8. The lowest BCUT2D eigenvalue weighted by Crippen LogP contribution is -2.13. The smallest absolute Gasteiger partial charge is 0.337 e. The Balaban J connectivity index is 1.52. The Kier molecular flexibility index (Phi) is 7.79. The van der Waals surface area contributed by atoms with Crippen LogP contribution in [0, 0.1) is 11.3 Å². The minimum Gasteiger partial charge on any atom is -0.488 e. The van der Waals surface area contributed by atoms with Gasteiger partial charge in [-0.05, 0) is 70.9 Å². The Morgan fingerprint density at radius 3 is 2.44 bits per heavy atom. The van der Waals surface area contributed by atoms with Crippen LogP contribution in [0.3, 0.4) is 0 Å². The van der Waals surface area contributed by atoms with E-state index in [0.29, 0.717) is 29.2 Å². The van der Waals surface area contributed by atoms with E-state index in [1.807, 2.05) is 42.5 Å². The van der Waals surface area contributed by atoms with Crippen LogP contribution in [0.2, 0.25) is 0 Å². The molecule has 178 valence electrons. The van der Waals surface area contributed by atoms with E-state index in [2.05, 4.69) is 38.1 Å². The molecule has 0 bridgehead atoms. The van der Waals surface area contributed by atoms with Gasteiger partial charge in [0.1, 0.15) is 24.0 Å². The number of esters is 1. The molecule has 36 heavy (non-hydrogen) atoms. The molecule has 0 atom stereocenters. The van der Waals surface area contributed by atoms with Crippen LogP contribution in [0.5, 0.6) is 5.75 Å². The molecule has 0 aliphatic carbocycles. The predicted molar refractivity (Wildman–Crippen MR) is 142 cm³/mol. The Hall–Kier alpha value is -4.41. The predicted octanol–water partition coefficient (Wildman–Crippen LogP) is 6.51. The maximum Gasteiger partial charge on any atom is 0.337 e. The van der Waals surface area contributed by atoms with Gasteiger partial charge >= 0.3 is 5.97 Å². The molecule has 7 heteroatoms. The number of carbonyl (C=O) groups is 2. The zero-order valence-corrected chi connectivity index (χ0v) is 20.9. The number of ether oxygens (including phenoxy) is 2. The Morgan fingerprint density at radius 1 is 0.972 bits per heavy atom. The van der Waals surface area contributed by atoms with Gasteiger partial charge in [0.05, 0.1) is 12.7 Å². The molecule has 0 radical (unpaired) electrons. The van der Waals surface area contributed by atoms with Gasteiger partial charge in [-0.1, -0.05) is 52.3 Å². The molecule has 0 unspecified atom stereocenters. The third-order valence-corrected chi connectivity index (χ3v) is 5.90. The molecule has 0 saturated carbocycles. The van der Waals surface area contributed by atoms with Gasteiger partial charge in [0.2, 0.25) is 0 Å². The molecule has 1 N–H and O–H groups in total. The summed E-state index contributed by atoms with van der Waals surface area (Å²) in [6.45, 7) is 0.327. The van der Waals surface area contributed by atoms with Gasteiger partial charge in [0.25, 0.3) is 5.91 Å². The van der Waals surface area contributed by atoms with Crippen molar-refractivity contribution in [2.24, 2.45) is 0 Å². The standard InChI is InChI=1S/C29H21BrN2O4/c1-35-29(34)21-8-11-26(12-9-21)32-28(33)24(17-31)15-23-16-25(30)10-13-27(23)36-18-19-6-7-20-4-2-3-5-22(20)14-19/h2-16H,18H2,1H3,(H,32,33)/b24-15+. The first-order valence-corrected chi connectivity index (χ1v) is 11.8. The summed E-state index contributed by atoms with van der Waals surface area (Å²) < 4.78 is 11.5. The first-order valence-electron chi connectivity index (χ1n) is 11.0. The number of halogens is 1. The molecular formula is C29H21BrN2O4. The van der Waals surface area contributed by atoms with Gasteiger partial charge in [0.15, 0.2) is 0 Å². The molecular weight excluding hydrogens is 520 g/mol. The van der Waals surface area contributed by atoms with Crippen molar-refractivity contribution in [3.8, 4) is 11.8 Å². The first-order chi connectivity index (χ1) is 17.5. The van der Waals surface area contributed by atoms with E-state index in [1.54, 1.807) is 24.3 Å². The highest BCUT2D eigenvalue weighted by atomic mass is 79.9. The highest BCUT2D eigenvalue weighted by molar-refractivity contribution is 9.10. The van der Waals surface area contributed by atoms with E-state index in [-0.39, 0.29) is 5.57 Å². The minimum atomic E-state index is -0.580. The zero-order valence-electron chi connectivity index (χ0n) is 19.3. The van der Waals surface area contributed by atoms with E-state index in [9.17, 15) is 14.9 Å². The number of rotatable bonds is 7. The average Bonchev–Trinajstić information content (AvgIpc) is 2.91. The van der Waals surface area contributed by atoms with Gasteiger partial charge in [-0.3, -0.25) is 4.79 Å². The zero-order chi connectivity index (χ0) is 25.5. The number of carbonyl (C=O) groups excluding carboxylic acids is 2. The van der Waals surface area contributed by atoms with E-state index < -0.39 is 11.9 Å². The Morgan fingerprint density at radius 2 is 1.72 bits per heavy atom. The summed E-state index contributed by atoms with van der Waals surface area (Å²) in [7, 11) is 1.30. The van der Waals surface area contributed by atoms with Crippen molar-refractivity contribution >= 4 is 50.3 Å². The van der Waals surface area contributed by atoms with Crippen molar-refractivity contribution < 1.29 is 19.1 Å². The van der Waals surface area contributed by atoms with Gasteiger partial charge in [-0.2, -0.15) is 5.26 Å². The molecule has 0 aromatic heterocycles. The molecule has 0 heterocycles. The van der Waals surface area contributed by atoms with E-state index in [1.165, 1.54) is 25.3 Å². The molecule has 0 spiro atoms. The van der Waals surface area contributed by atoms with Crippen molar-refractivity contribution in [2.45, 2.75) is 6.61 Å². The lowest BCUT2D eigenvalue weighted by atomic mass is 10.1. The van der Waals surface area contributed by atoms with Crippen LogP contribution in [0.25, 0.3) is 16.8 Å². The van der Waals surface area contributed by atoms with E-state index >= 15 is 0 Å². The van der Waals surface area contributed by atoms with Crippen LogP contribution in [0.1, 0.15) is 21.5 Å². The second kappa shape index (κ2) is 11.3. The molecule has 1 amide bonds. The van der Waals surface area contributed by atoms with Crippen LogP contribution < -0.4 is 10.1 Å². The fourth-order valence-electron chi connectivity index (χ4n) is 3.56. The van der Waals surface area contributed by atoms with Gasteiger partial charge in [0, 0.05) is 15.7 Å². The number of nitrogens with zero attached hydrogens (tertiary/aromatic N) is 1. The Bertz CT molecular complexity index is 1500. The maximum absolute atomic E-state index is 12.8. The first kappa shape index (κ1) is 24.7. The SMILES string of the molecule is COC(=O)c1ccc(NC(=O)/C(C#N)=C/c2cc(Br)ccc2OCc2ccc3ccccc3c2)cc1. The van der Waals surface area contributed by atoms with Crippen LogP contribution in [0.4, 0.5) is 5.69 Å². The molecule has 0 aliphatic heterocycles. The quantitative estimate of drug-likeness (QED) is 0.164. The third kappa shape index (κ3) is 5.98. The molecule has 4 rings (SSSR count). The lowest BCUT2D eigenvalue weighted by Gasteiger charge is -2.11. The number of nitriles is 1. The molecule has 0 aliphatic rings. The van der Waals surface area contributed by atoms with Crippen LogP contribution >= 0.6 is 15.9 Å². The van der Waals surface area contributed by atoms with Crippen LogP contribution in [-0.2, 0) is 16.1 Å². The van der Waals surface area contributed by atoms with Crippen LogP contribution in [0.15, 0.2) is 95.0 Å². The second-order valence-electron chi connectivity index (χ2n) is 7.85. The summed E-state index contributed by atoms with van der Waals surface area (Å²) in [6, 6.07) is 27.8. The molecule has 0 saturated heterocycles. The number of methoxy groups -OCH3 is 1. The Labute approximate surface area is 216 Å². The van der Waals surface area contributed by atoms with E-state index in [4.69, 9.17) is 4.74 Å². The molecule has 0 fully saturated rings.